The number of hydrogen-bond acceptors (Lipinski definition) is 3. The third-order valence-corrected chi connectivity index (χ3v) is 9.12. The normalized spacial score (nSPS) is 35.2. The van der Waals surface area contributed by atoms with E-state index in [2.05, 4.69) is 33.8 Å². The van der Waals surface area contributed by atoms with Crippen LogP contribution in [0.15, 0.2) is 22.8 Å². The zero-order valence-corrected chi connectivity index (χ0v) is 22.4. The Bertz CT molecular complexity index is 701. The second-order valence-electron chi connectivity index (χ2n) is 13.2. The van der Waals surface area contributed by atoms with Crippen LogP contribution in [0.3, 0.4) is 0 Å². The van der Waals surface area contributed by atoms with Crippen molar-refractivity contribution in [2.45, 2.75) is 136 Å². The molecule has 3 nitrogen and oxygen atoms in total. The predicted molar refractivity (Wildman–Crippen MR) is 138 cm³/mol. The average Bonchev–Trinajstić information content (AvgIpc) is 3.03. The molecule has 3 N–H and O–H groups in total. The van der Waals surface area contributed by atoms with Crippen molar-refractivity contribution in [3.63, 3.8) is 0 Å². The Kier molecular flexibility index (Phi) is 8.95. The molecule has 0 amide bonds. The van der Waals surface area contributed by atoms with E-state index in [1.54, 1.807) is 5.57 Å². The Morgan fingerprint density at radius 3 is 2.39 bits per heavy atom. The van der Waals surface area contributed by atoms with Crippen LogP contribution in [0.5, 0.6) is 0 Å². The Morgan fingerprint density at radius 1 is 1.12 bits per heavy atom. The predicted octanol–water partition coefficient (Wildman–Crippen LogP) is 6.95. The third-order valence-electron chi connectivity index (χ3n) is 9.12. The van der Waals surface area contributed by atoms with Gasteiger partial charge in [-0.05, 0) is 113 Å². The highest BCUT2D eigenvalue weighted by Gasteiger charge is 2.50. The maximum atomic E-state index is 10.3. The van der Waals surface area contributed by atoms with Crippen molar-refractivity contribution in [3.8, 4) is 0 Å². The van der Waals surface area contributed by atoms with Gasteiger partial charge in [-0.15, -0.1) is 0 Å². The Morgan fingerprint density at radius 2 is 1.79 bits per heavy atom. The number of aliphatic hydroxyl groups is 3. The summed E-state index contributed by atoms with van der Waals surface area (Å²) in [4.78, 5) is 0. The van der Waals surface area contributed by atoms with Crippen LogP contribution in [0.25, 0.3) is 0 Å². The lowest BCUT2D eigenvalue weighted by Gasteiger charge is -2.44. The molecule has 0 heterocycles. The lowest BCUT2D eigenvalue weighted by atomic mass is 9.60. The minimum Gasteiger partial charge on any atom is -0.393 e. The lowest BCUT2D eigenvalue weighted by molar-refractivity contribution is 0.0589. The van der Waals surface area contributed by atoms with Gasteiger partial charge in [0, 0.05) is 0 Å². The largest absolute Gasteiger partial charge is 0.393 e. The van der Waals surface area contributed by atoms with Gasteiger partial charge in [-0.2, -0.15) is 0 Å². The molecule has 0 bridgehead atoms. The summed E-state index contributed by atoms with van der Waals surface area (Å²) in [7, 11) is 0. The summed E-state index contributed by atoms with van der Waals surface area (Å²) in [5, 5.41) is 30.7. The highest BCUT2D eigenvalue weighted by molar-refractivity contribution is 5.34. The van der Waals surface area contributed by atoms with E-state index in [9.17, 15) is 15.3 Å². The fourth-order valence-corrected chi connectivity index (χ4v) is 7.61. The van der Waals surface area contributed by atoms with E-state index < -0.39 is 17.8 Å². The van der Waals surface area contributed by atoms with Crippen LogP contribution in [0.2, 0.25) is 0 Å². The quantitative estimate of drug-likeness (QED) is 0.367. The van der Waals surface area contributed by atoms with E-state index in [1.807, 2.05) is 13.8 Å². The molecule has 6 atom stereocenters. The molecule has 0 radical (unpaired) electrons. The monoisotopic (exact) mass is 460 g/mol. The molecule has 190 valence electrons. The molecule has 0 aromatic heterocycles. The molecule has 33 heavy (non-hydrogen) atoms. The molecular formula is C30H52O3. The molecule has 3 aliphatic carbocycles. The molecule has 3 aliphatic rings. The Labute approximate surface area is 203 Å². The van der Waals surface area contributed by atoms with Crippen LogP contribution >= 0.6 is 0 Å². The zero-order valence-electron chi connectivity index (χ0n) is 22.4. The smallest absolute Gasteiger partial charge is 0.0602 e. The molecule has 3 fully saturated rings. The number of rotatable bonds is 8. The van der Waals surface area contributed by atoms with Gasteiger partial charge in [0.1, 0.15) is 0 Å². The van der Waals surface area contributed by atoms with Crippen molar-refractivity contribution in [2.24, 2.45) is 29.1 Å². The summed E-state index contributed by atoms with van der Waals surface area (Å²) < 4.78 is 0. The van der Waals surface area contributed by atoms with Crippen molar-refractivity contribution >= 4 is 0 Å². The first-order chi connectivity index (χ1) is 15.4. The first-order valence-electron chi connectivity index (χ1n) is 13.9. The summed E-state index contributed by atoms with van der Waals surface area (Å²) >= 11 is 0. The van der Waals surface area contributed by atoms with E-state index in [-0.39, 0.29) is 0 Å². The molecule has 0 unspecified atom stereocenters. The molecule has 0 aromatic rings. The van der Waals surface area contributed by atoms with E-state index >= 15 is 0 Å². The van der Waals surface area contributed by atoms with Crippen molar-refractivity contribution in [3.05, 3.63) is 22.8 Å². The van der Waals surface area contributed by atoms with Gasteiger partial charge in [-0.3, -0.25) is 0 Å². The molecule has 3 rings (SSSR count). The topological polar surface area (TPSA) is 60.7 Å². The van der Waals surface area contributed by atoms with Crippen LogP contribution in [-0.4, -0.2) is 33.1 Å². The standard InChI is InChI=1S/C30H52O3/c1-20(2)15-23(24-17-25(31)19-26(32)18-24)16-22-10-8-14-30(6)27(11-12-28(22)30)21(3)9-7-13-29(4,5)33/h16,20-21,25-28,31-33H,7-15,17-19H2,1-6H3/b22-16+/t21-,25-,26-,27-,28+,30-/m1/s1. The first kappa shape index (κ1) is 27.0. The summed E-state index contributed by atoms with van der Waals surface area (Å²) in [6, 6.07) is 0. The molecule has 0 spiro atoms. The second kappa shape index (κ2) is 11.0. The van der Waals surface area contributed by atoms with Crippen LogP contribution in [-0.2, 0) is 0 Å². The fourth-order valence-electron chi connectivity index (χ4n) is 7.61. The zero-order chi connectivity index (χ0) is 24.4. The number of fused-ring (bicyclic) bond motifs is 1. The van der Waals surface area contributed by atoms with E-state index in [0.717, 1.165) is 38.0 Å². The van der Waals surface area contributed by atoms with E-state index in [1.165, 1.54) is 49.7 Å². The van der Waals surface area contributed by atoms with Crippen LogP contribution < -0.4 is 0 Å². The van der Waals surface area contributed by atoms with Gasteiger partial charge < -0.3 is 15.3 Å². The van der Waals surface area contributed by atoms with E-state index in [4.69, 9.17) is 0 Å². The third kappa shape index (κ3) is 6.95. The van der Waals surface area contributed by atoms with Gasteiger partial charge >= 0.3 is 0 Å². The van der Waals surface area contributed by atoms with Crippen LogP contribution in [0, 0.1) is 29.1 Å². The van der Waals surface area contributed by atoms with Crippen LogP contribution in [0.1, 0.15) is 119 Å². The lowest BCUT2D eigenvalue weighted by Crippen LogP contribution is -2.36. The van der Waals surface area contributed by atoms with E-state index in [0.29, 0.717) is 29.6 Å². The van der Waals surface area contributed by atoms with Gasteiger partial charge in [0.25, 0.3) is 0 Å². The average molecular weight is 461 g/mol. The summed E-state index contributed by atoms with van der Waals surface area (Å²) in [6.45, 7) is 13.4. The number of aliphatic hydroxyl groups excluding tert-OH is 2. The van der Waals surface area contributed by atoms with Crippen molar-refractivity contribution in [1.82, 2.24) is 0 Å². The van der Waals surface area contributed by atoms with Gasteiger partial charge in [0.2, 0.25) is 0 Å². The second-order valence-corrected chi connectivity index (χ2v) is 13.2. The highest BCUT2D eigenvalue weighted by Crippen LogP contribution is 2.60. The Balaban J connectivity index is 1.80. The van der Waals surface area contributed by atoms with Crippen molar-refractivity contribution in [2.75, 3.05) is 0 Å². The number of hydrogen-bond donors (Lipinski definition) is 3. The molecule has 0 aliphatic heterocycles. The Hall–Kier alpha value is -0.640. The molecular weight excluding hydrogens is 408 g/mol. The van der Waals surface area contributed by atoms with Gasteiger partial charge in [0.05, 0.1) is 17.8 Å². The fraction of sp³-hybridized carbons (Fsp3) is 0.867. The SMILES string of the molecule is CC(C)CC(/C=C1\CCC[C@]2(C)[C@@H]([C@H](C)CCCC(C)(C)O)CC[C@@H]12)=C1C[C@@H](O)C[C@H](O)C1. The molecule has 3 heteroatoms. The molecule has 0 saturated heterocycles. The summed E-state index contributed by atoms with van der Waals surface area (Å²) in [5.41, 5.74) is 4.18. The summed E-state index contributed by atoms with van der Waals surface area (Å²) in [6.07, 6.45) is 14.4. The maximum Gasteiger partial charge on any atom is 0.0602 e. The highest BCUT2D eigenvalue weighted by atomic mass is 16.3. The first-order valence-corrected chi connectivity index (χ1v) is 13.9. The number of allylic oxidation sites excluding steroid dienone is 3. The minimum absolute atomic E-state index is 0.386. The van der Waals surface area contributed by atoms with Gasteiger partial charge in [-0.1, -0.05) is 57.8 Å². The van der Waals surface area contributed by atoms with Gasteiger partial charge in [-0.25, -0.2) is 0 Å². The van der Waals surface area contributed by atoms with Gasteiger partial charge in [0.15, 0.2) is 0 Å². The van der Waals surface area contributed by atoms with Crippen molar-refractivity contribution < 1.29 is 15.3 Å². The van der Waals surface area contributed by atoms with Crippen LogP contribution in [0.4, 0.5) is 0 Å². The maximum absolute atomic E-state index is 10.3. The molecule has 3 saturated carbocycles. The van der Waals surface area contributed by atoms with Crippen molar-refractivity contribution in [1.29, 1.82) is 0 Å². The molecule has 0 aromatic carbocycles. The minimum atomic E-state index is -0.552. The summed E-state index contributed by atoms with van der Waals surface area (Å²) in [5.74, 6) is 2.73.